The van der Waals surface area contributed by atoms with Crippen LogP contribution in [0.2, 0.25) is 0 Å². The van der Waals surface area contributed by atoms with Crippen molar-refractivity contribution in [2.75, 3.05) is 6.54 Å². The van der Waals surface area contributed by atoms with Crippen LogP contribution in [0.3, 0.4) is 0 Å². The third-order valence-corrected chi connectivity index (χ3v) is 5.40. The highest BCUT2D eigenvalue weighted by Crippen LogP contribution is 2.13. The van der Waals surface area contributed by atoms with Crippen LogP contribution >= 0.6 is 0 Å². The number of alkyl carbamates (subject to hydrolysis) is 1. The van der Waals surface area contributed by atoms with Gasteiger partial charge in [0.05, 0.1) is 5.69 Å². The lowest BCUT2D eigenvalue weighted by Crippen LogP contribution is -2.49. The maximum absolute atomic E-state index is 12.9. The number of carbonyl (C=O) groups is 2. The topological polar surface area (TPSA) is 133 Å². The maximum atomic E-state index is 12.9. The Hall–Kier alpha value is -3.36. The Morgan fingerprint density at radius 2 is 1.78 bits per heavy atom. The number of rotatable bonds is 11. The van der Waals surface area contributed by atoms with Gasteiger partial charge in [0.25, 0.3) is 5.56 Å². The molecule has 0 spiro atoms. The van der Waals surface area contributed by atoms with Crippen LogP contribution in [0.5, 0.6) is 5.75 Å². The van der Waals surface area contributed by atoms with Gasteiger partial charge in [-0.3, -0.25) is 14.6 Å². The molecule has 0 fully saturated rings. The van der Waals surface area contributed by atoms with Crippen molar-refractivity contribution in [2.45, 2.75) is 85.3 Å². The average molecular weight is 501 g/mol. The standard InChI is InChI=1S/C27H40N4O5/c1-17(2)15-22-25(34)30-21(18(3)29-22)9-7-8-14-28-24(33)23(31-26(35)36-27(4,5)6)16-19-10-12-20(32)13-11-19/h10-13,17,23,32H,7-9,14-16H2,1-6H3,(H,28,33)(H,30,34)(H,31,35)/t23-/m0/s1. The fourth-order valence-electron chi connectivity index (χ4n) is 3.68. The van der Waals surface area contributed by atoms with Gasteiger partial charge in [-0.15, -0.1) is 0 Å². The van der Waals surface area contributed by atoms with E-state index in [9.17, 15) is 19.5 Å². The highest BCUT2D eigenvalue weighted by atomic mass is 16.6. The molecule has 2 amide bonds. The molecular formula is C27H40N4O5. The van der Waals surface area contributed by atoms with Gasteiger partial charge in [0.1, 0.15) is 23.1 Å². The van der Waals surface area contributed by atoms with E-state index in [1.54, 1.807) is 32.9 Å². The summed E-state index contributed by atoms with van der Waals surface area (Å²) in [5.41, 5.74) is 2.17. The smallest absolute Gasteiger partial charge is 0.408 e. The molecule has 0 saturated carbocycles. The number of unbranched alkanes of at least 4 members (excludes halogenated alkanes) is 1. The van der Waals surface area contributed by atoms with Gasteiger partial charge in [0, 0.05) is 18.7 Å². The van der Waals surface area contributed by atoms with E-state index < -0.39 is 17.7 Å². The normalized spacial score (nSPS) is 12.3. The van der Waals surface area contributed by atoms with E-state index >= 15 is 0 Å². The molecule has 36 heavy (non-hydrogen) atoms. The summed E-state index contributed by atoms with van der Waals surface area (Å²) >= 11 is 0. The van der Waals surface area contributed by atoms with E-state index in [4.69, 9.17) is 4.74 Å². The van der Waals surface area contributed by atoms with Gasteiger partial charge in [-0.1, -0.05) is 26.0 Å². The Bertz CT molecular complexity index is 1070. The molecule has 1 aromatic carbocycles. The molecule has 4 N–H and O–H groups in total. The molecule has 0 aliphatic carbocycles. The number of benzene rings is 1. The lowest BCUT2D eigenvalue weighted by atomic mass is 10.0. The zero-order chi connectivity index (χ0) is 26.9. The molecule has 1 heterocycles. The third-order valence-electron chi connectivity index (χ3n) is 5.40. The Labute approximate surface area is 213 Å². The molecule has 9 nitrogen and oxygen atoms in total. The molecule has 2 aromatic rings. The van der Waals surface area contributed by atoms with Gasteiger partial charge in [0.15, 0.2) is 0 Å². The van der Waals surface area contributed by atoms with Crippen molar-refractivity contribution in [2.24, 2.45) is 5.92 Å². The van der Waals surface area contributed by atoms with Crippen LogP contribution in [0.1, 0.15) is 70.1 Å². The Kier molecular flexibility index (Phi) is 10.5. The number of aromatic nitrogens is 2. The number of amides is 2. The SMILES string of the molecule is Cc1nc(CC(C)C)c(=O)[nH]c1CCCCNC(=O)[C@H](Cc1ccc(O)cc1)NC(=O)OC(C)(C)C. The number of hydrogen-bond donors (Lipinski definition) is 4. The summed E-state index contributed by atoms with van der Waals surface area (Å²) in [6.45, 7) is 11.7. The molecule has 1 aromatic heterocycles. The summed E-state index contributed by atoms with van der Waals surface area (Å²) in [7, 11) is 0. The predicted octanol–water partition coefficient (Wildman–Crippen LogP) is 3.56. The number of H-pyrrole nitrogens is 1. The highest BCUT2D eigenvalue weighted by Gasteiger charge is 2.24. The number of aryl methyl sites for hydroxylation is 2. The number of nitrogens with zero attached hydrogens (tertiary/aromatic N) is 1. The quantitative estimate of drug-likeness (QED) is 0.349. The Morgan fingerprint density at radius 1 is 1.11 bits per heavy atom. The number of aromatic hydroxyl groups is 1. The van der Waals surface area contributed by atoms with Crippen molar-refractivity contribution >= 4 is 12.0 Å². The van der Waals surface area contributed by atoms with Crippen molar-refractivity contribution in [1.29, 1.82) is 0 Å². The summed E-state index contributed by atoms with van der Waals surface area (Å²) in [6.07, 6.45) is 2.32. The van der Waals surface area contributed by atoms with E-state index in [2.05, 4.69) is 34.4 Å². The number of hydrogen-bond acceptors (Lipinski definition) is 6. The lowest BCUT2D eigenvalue weighted by molar-refractivity contribution is -0.123. The first kappa shape index (κ1) is 28.9. The molecule has 0 radical (unpaired) electrons. The van der Waals surface area contributed by atoms with Crippen molar-refractivity contribution in [1.82, 2.24) is 20.6 Å². The fourth-order valence-corrected chi connectivity index (χ4v) is 3.68. The summed E-state index contributed by atoms with van der Waals surface area (Å²) in [6, 6.07) is 5.65. The Morgan fingerprint density at radius 3 is 2.39 bits per heavy atom. The molecule has 0 aliphatic heterocycles. The van der Waals surface area contributed by atoms with Gasteiger partial charge in [-0.25, -0.2) is 4.79 Å². The first-order valence-corrected chi connectivity index (χ1v) is 12.5. The molecule has 9 heteroatoms. The minimum Gasteiger partial charge on any atom is -0.508 e. The number of aromatic amines is 1. The van der Waals surface area contributed by atoms with E-state index in [1.165, 1.54) is 12.1 Å². The molecule has 0 bridgehead atoms. The maximum Gasteiger partial charge on any atom is 0.408 e. The zero-order valence-corrected chi connectivity index (χ0v) is 22.2. The monoisotopic (exact) mass is 500 g/mol. The second-order valence-corrected chi connectivity index (χ2v) is 10.5. The highest BCUT2D eigenvalue weighted by molar-refractivity contribution is 5.86. The molecular weight excluding hydrogens is 460 g/mol. The van der Waals surface area contributed by atoms with Crippen LogP contribution in [-0.4, -0.2) is 45.3 Å². The van der Waals surface area contributed by atoms with E-state index in [-0.39, 0.29) is 23.6 Å². The minimum absolute atomic E-state index is 0.126. The van der Waals surface area contributed by atoms with Crippen LogP contribution < -0.4 is 16.2 Å². The zero-order valence-electron chi connectivity index (χ0n) is 22.2. The van der Waals surface area contributed by atoms with E-state index in [0.717, 1.165) is 23.4 Å². The number of nitrogens with one attached hydrogen (secondary N) is 3. The summed E-state index contributed by atoms with van der Waals surface area (Å²) in [5.74, 6) is 0.162. The van der Waals surface area contributed by atoms with Crippen LogP contribution in [0.25, 0.3) is 0 Å². The number of phenols is 1. The van der Waals surface area contributed by atoms with Crippen molar-refractivity contribution in [3.63, 3.8) is 0 Å². The van der Waals surface area contributed by atoms with Gasteiger partial charge >= 0.3 is 6.09 Å². The number of ether oxygens (including phenoxy) is 1. The van der Waals surface area contributed by atoms with E-state index in [0.29, 0.717) is 37.4 Å². The second-order valence-electron chi connectivity index (χ2n) is 10.5. The second kappa shape index (κ2) is 13.1. The number of carbonyl (C=O) groups excluding carboxylic acids is 2. The van der Waals surface area contributed by atoms with Crippen LogP contribution in [-0.2, 0) is 28.8 Å². The summed E-state index contributed by atoms with van der Waals surface area (Å²) in [4.78, 5) is 44.9. The first-order chi connectivity index (χ1) is 16.8. The lowest BCUT2D eigenvalue weighted by Gasteiger charge is -2.23. The van der Waals surface area contributed by atoms with Gasteiger partial charge in [0.2, 0.25) is 5.91 Å². The predicted molar refractivity (Wildman–Crippen MR) is 139 cm³/mol. The van der Waals surface area contributed by atoms with Gasteiger partial charge in [-0.05, 0) is 77.0 Å². The number of phenolic OH excluding ortho intramolecular Hbond substituents is 1. The molecule has 0 unspecified atom stereocenters. The average Bonchev–Trinajstić information content (AvgIpc) is 2.76. The Balaban J connectivity index is 1.91. The summed E-state index contributed by atoms with van der Waals surface area (Å²) < 4.78 is 5.31. The van der Waals surface area contributed by atoms with Crippen LogP contribution in [0.4, 0.5) is 4.79 Å². The minimum atomic E-state index is -0.833. The molecule has 2 rings (SSSR count). The van der Waals surface area contributed by atoms with Crippen molar-refractivity contribution in [3.05, 3.63) is 57.3 Å². The molecule has 1 atom stereocenters. The molecule has 0 saturated heterocycles. The van der Waals surface area contributed by atoms with Crippen molar-refractivity contribution in [3.8, 4) is 5.75 Å². The van der Waals surface area contributed by atoms with Gasteiger partial charge in [-0.2, -0.15) is 0 Å². The summed E-state index contributed by atoms with van der Waals surface area (Å²) in [5, 5.41) is 15.0. The molecule has 0 aliphatic rings. The molecule has 198 valence electrons. The van der Waals surface area contributed by atoms with Crippen LogP contribution in [0.15, 0.2) is 29.1 Å². The van der Waals surface area contributed by atoms with E-state index in [1.807, 2.05) is 6.92 Å². The largest absolute Gasteiger partial charge is 0.508 e. The fraction of sp³-hybridized carbons (Fsp3) is 0.556. The first-order valence-electron chi connectivity index (χ1n) is 12.5. The van der Waals surface area contributed by atoms with Gasteiger partial charge < -0.3 is 25.5 Å². The van der Waals surface area contributed by atoms with Crippen molar-refractivity contribution < 1.29 is 19.4 Å². The third kappa shape index (κ3) is 10.1. The van der Waals surface area contributed by atoms with Crippen LogP contribution in [0, 0.1) is 12.8 Å².